The molecule has 5 aromatic rings. The number of nitrogens with one attached hydrogen (secondary N) is 1. The molecule has 5 rings (SSSR count). The molecule has 0 aliphatic heterocycles. The lowest BCUT2D eigenvalue weighted by molar-refractivity contribution is 0.0930. The highest BCUT2D eigenvalue weighted by Gasteiger charge is 2.27. The lowest BCUT2D eigenvalue weighted by Gasteiger charge is -2.20. The topological polar surface area (TPSA) is 86.9 Å². The summed E-state index contributed by atoms with van der Waals surface area (Å²) in [6.45, 7) is 0. The molecule has 1 N–H and O–H groups in total. The zero-order chi connectivity index (χ0) is 24.2. The van der Waals surface area contributed by atoms with Crippen LogP contribution in [-0.2, 0) is 7.05 Å². The van der Waals surface area contributed by atoms with E-state index in [2.05, 4.69) is 20.4 Å². The first-order valence-electron chi connectivity index (χ1n) is 11.1. The molecular formula is C27H24N6O2. The molecule has 2 heterocycles. The number of ether oxygens (including phenoxy) is 1. The highest BCUT2D eigenvalue weighted by Crippen LogP contribution is 2.29. The normalized spacial score (nSPS) is 11.7. The first-order chi connectivity index (χ1) is 17.2. The average Bonchev–Trinajstić information content (AvgIpc) is 3.55. The number of amides is 1. The first-order valence-corrected chi connectivity index (χ1v) is 11.1. The van der Waals surface area contributed by atoms with Crippen LogP contribution in [0.15, 0.2) is 97.3 Å². The predicted octanol–water partition coefficient (Wildman–Crippen LogP) is 4.20. The number of aromatic nitrogens is 5. The fourth-order valence-electron chi connectivity index (χ4n) is 3.97. The molecule has 0 fully saturated rings. The van der Waals surface area contributed by atoms with Gasteiger partial charge in [-0.1, -0.05) is 66.7 Å². The number of nitrogens with zero attached hydrogens (tertiary/aromatic N) is 5. The van der Waals surface area contributed by atoms with Gasteiger partial charge in [0.05, 0.1) is 12.8 Å². The van der Waals surface area contributed by atoms with Gasteiger partial charge in [0.15, 0.2) is 5.82 Å². The Bertz CT molecular complexity index is 1390. The summed E-state index contributed by atoms with van der Waals surface area (Å²) in [6.07, 6.45) is 3.53. The van der Waals surface area contributed by atoms with Crippen molar-refractivity contribution in [2.45, 2.75) is 6.04 Å². The zero-order valence-corrected chi connectivity index (χ0v) is 19.4. The Labute approximate surface area is 202 Å². The fourth-order valence-corrected chi connectivity index (χ4v) is 3.97. The van der Waals surface area contributed by atoms with Crippen molar-refractivity contribution in [3.8, 4) is 22.8 Å². The van der Waals surface area contributed by atoms with E-state index in [1.54, 1.807) is 18.0 Å². The van der Waals surface area contributed by atoms with Crippen molar-refractivity contribution in [1.82, 2.24) is 29.6 Å². The zero-order valence-electron chi connectivity index (χ0n) is 19.4. The van der Waals surface area contributed by atoms with E-state index in [-0.39, 0.29) is 5.82 Å². The largest absolute Gasteiger partial charge is 0.496 e. The van der Waals surface area contributed by atoms with Crippen LogP contribution >= 0.6 is 0 Å². The van der Waals surface area contributed by atoms with E-state index < -0.39 is 11.9 Å². The van der Waals surface area contributed by atoms with Gasteiger partial charge in [-0.05, 0) is 18.2 Å². The Morgan fingerprint density at radius 2 is 1.63 bits per heavy atom. The van der Waals surface area contributed by atoms with Crippen LogP contribution in [0.3, 0.4) is 0 Å². The number of para-hydroxylation sites is 2. The van der Waals surface area contributed by atoms with Crippen molar-refractivity contribution in [3.63, 3.8) is 0 Å². The highest BCUT2D eigenvalue weighted by molar-refractivity contribution is 5.91. The molecular weight excluding hydrogens is 440 g/mol. The number of aryl methyl sites for hydroxylation is 1. The monoisotopic (exact) mass is 464 g/mol. The summed E-state index contributed by atoms with van der Waals surface area (Å²) in [5, 5.41) is 7.66. The van der Waals surface area contributed by atoms with Gasteiger partial charge in [0, 0.05) is 30.6 Å². The van der Waals surface area contributed by atoms with Crippen molar-refractivity contribution in [2.75, 3.05) is 7.11 Å². The molecule has 2 aromatic heterocycles. The number of hydrogen-bond donors (Lipinski definition) is 1. The van der Waals surface area contributed by atoms with E-state index in [1.165, 1.54) is 0 Å². The van der Waals surface area contributed by atoms with Crippen LogP contribution in [0.4, 0.5) is 0 Å². The Balaban J connectivity index is 1.56. The maximum Gasteiger partial charge on any atom is 0.291 e. The fraction of sp³-hybridized carbons (Fsp3) is 0.111. The minimum absolute atomic E-state index is 0.0572. The van der Waals surface area contributed by atoms with Gasteiger partial charge >= 0.3 is 0 Å². The molecule has 0 aliphatic rings. The van der Waals surface area contributed by atoms with Gasteiger partial charge in [-0.2, -0.15) is 0 Å². The average molecular weight is 465 g/mol. The van der Waals surface area contributed by atoms with E-state index in [0.717, 1.165) is 16.8 Å². The summed E-state index contributed by atoms with van der Waals surface area (Å²) in [4.78, 5) is 22.6. The predicted molar refractivity (Wildman–Crippen MR) is 132 cm³/mol. The minimum Gasteiger partial charge on any atom is -0.496 e. The smallest absolute Gasteiger partial charge is 0.291 e. The van der Waals surface area contributed by atoms with Gasteiger partial charge in [-0.3, -0.25) is 4.79 Å². The molecule has 8 heteroatoms. The van der Waals surface area contributed by atoms with Gasteiger partial charge in [0.25, 0.3) is 5.91 Å². The summed E-state index contributed by atoms with van der Waals surface area (Å²) in [7, 11) is 3.48. The van der Waals surface area contributed by atoms with Crippen LogP contribution in [0.1, 0.15) is 28.0 Å². The van der Waals surface area contributed by atoms with E-state index in [0.29, 0.717) is 17.4 Å². The lowest BCUT2D eigenvalue weighted by Crippen LogP contribution is -2.32. The van der Waals surface area contributed by atoms with Crippen LogP contribution < -0.4 is 10.1 Å². The first kappa shape index (κ1) is 22.1. The second-order valence-corrected chi connectivity index (χ2v) is 7.92. The molecule has 1 atom stereocenters. The molecule has 0 saturated heterocycles. The molecule has 35 heavy (non-hydrogen) atoms. The van der Waals surface area contributed by atoms with Gasteiger partial charge < -0.3 is 14.6 Å². The van der Waals surface area contributed by atoms with Gasteiger partial charge in [0.1, 0.15) is 17.6 Å². The maximum absolute atomic E-state index is 13.5. The minimum atomic E-state index is -0.567. The molecule has 0 spiro atoms. The van der Waals surface area contributed by atoms with E-state index in [9.17, 15) is 4.79 Å². The number of imidazole rings is 1. The number of benzene rings is 3. The number of rotatable bonds is 7. The van der Waals surface area contributed by atoms with Crippen LogP contribution in [0.25, 0.3) is 17.1 Å². The van der Waals surface area contributed by atoms with E-state index in [1.807, 2.05) is 103 Å². The third kappa shape index (κ3) is 4.41. The van der Waals surface area contributed by atoms with Crippen LogP contribution in [0, 0.1) is 0 Å². The molecule has 0 bridgehead atoms. The van der Waals surface area contributed by atoms with Crippen molar-refractivity contribution in [1.29, 1.82) is 0 Å². The summed E-state index contributed by atoms with van der Waals surface area (Å²) in [6, 6.07) is 26.3. The summed E-state index contributed by atoms with van der Waals surface area (Å²) in [5.74, 6) is 1.52. The van der Waals surface area contributed by atoms with Crippen molar-refractivity contribution in [2.24, 2.45) is 7.05 Å². The third-order valence-electron chi connectivity index (χ3n) is 5.68. The molecule has 3 aromatic carbocycles. The Kier molecular flexibility index (Phi) is 6.09. The van der Waals surface area contributed by atoms with Crippen LogP contribution in [-0.4, -0.2) is 37.3 Å². The molecule has 0 aliphatic carbocycles. The number of carbonyl (C=O) groups excluding carboxylic acids is 1. The summed E-state index contributed by atoms with van der Waals surface area (Å²) in [5.41, 5.74) is 2.44. The van der Waals surface area contributed by atoms with Crippen molar-refractivity contribution >= 4 is 5.91 Å². The van der Waals surface area contributed by atoms with E-state index in [4.69, 9.17) is 4.74 Å². The van der Waals surface area contributed by atoms with Gasteiger partial charge in [0.2, 0.25) is 5.82 Å². The summed E-state index contributed by atoms with van der Waals surface area (Å²) >= 11 is 0. The van der Waals surface area contributed by atoms with Crippen LogP contribution in [0.5, 0.6) is 5.75 Å². The van der Waals surface area contributed by atoms with Gasteiger partial charge in [-0.15, -0.1) is 5.10 Å². The molecule has 0 saturated carbocycles. The SMILES string of the molecule is COc1ccccc1C(NC(=O)c1nc(-c2ccccc2)n(-c2ccccc2)n1)c1nccn1C. The standard InChI is InChI=1S/C27H24N6O2/c1-32-18-17-28-26(32)23(21-15-9-10-16-22(21)35-2)29-27(34)24-30-25(19-11-5-3-6-12-19)33(31-24)20-13-7-4-8-14-20/h3-18,23H,1-2H3,(H,29,34). The highest BCUT2D eigenvalue weighted by atomic mass is 16.5. The van der Waals surface area contributed by atoms with E-state index >= 15 is 0 Å². The molecule has 8 nitrogen and oxygen atoms in total. The van der Waals surface area contributed by atoms with Gasteiger partial charge in [-0.25, -0.2) is 14.6 Å². The quantitative estimate of drug-likeness (QED) is 0.390. The Morgan fingerprint density at radius 3 is 2.31 bits per heavy atom. The number of methoxy groups -OCH3 is 1. The second-order valence-electron chi connectivity index (χ2n) is 7.92. The second kappa shape index (κ2) is 9.64. The third-order valence-corrected chi connectivity index (χ3v) is 5.68. The molecule has 174 valence electrons. The summed E-state index contributed by atoms with van der Waals surface area (Å²) < 4.78 is 9.11. The molecule has 1 amide bonds. The lowest BCUT2D eigenvalue weighted by atomic mass is 10.0. The Hall–Kier alpha value is -4.72. The number of carbonyl (C=O) groups is 1. The van der Waals surface area contributed by atoms with Crippen molar-refractivity contribution in [3.05, 3.63) is 115 Å². The Morgan fingerprint density at radius 1 is 0.943 bits per heavy atom. The molecule has 0 radical (unpaired) electrons. The van der Waals surface area contributed by atoms with Crippen molar-refractivity contribution < 1.29 is 9.53 Å². The number of hydrogen-bond acceptors (Lipinski definition) is 5. The molecule has 1 unspecified atom stereocenters. The maximum atomic E-state index is 13.5. The van der Waals surface area contributed by atoms with Crippen LogP contribution in [0.2, 0.25) is 0 Å².